The van der Waals surface area contributed by atoms with Crippen molar-refractivity contribution in [2.75, 3.05) is 6.61 Å². The summed E-state index contributed by atoms with van der Waals surface area (Å²) in [6, 6.07) is 1.29. The zero-order valence-electron chi connectivity index (χ0n) is 9.83. The molecular weight excluding hydrogens is 350 g/mol. The van der Waals surface area contributed by atoms with E-state index in [2.05, 4.69) is 20.7 Å². The summed E-state index contributed by atoms with van der Waals surface area (Å²) in [7, 11) is 0. The molecule has 0 fully saturated rings. The highest BCUT2D eigenvalue weighted by Crippen LogP contribution is 2.32. The van der Waals surface area contributed by atoms with Gasteiger partial charge in [0.15, 0.2) is 0 Å². The fourth-order valence-corrected chi connectivity index (χ4v) is 1.67. The maximum atomic E-state index is 13.6. The summed E-state index contributed by atoms with van der Waals surface area (Å²) < 4.78 is 44.4. The number of ether oxygens (including phenoxy) is 1. The smallest absolute Gasteiger partial charge is 0.379 e. The summed E-state index contributed by atoms with van der Waals surface area (Å²) in [5, 5.41) is 0. The first-order valence-corrected chi connectivity index (χ1v) is 5.85. The van der Waals surface area contributed by atoms with Crippen LogP contribution in [0.15, 0.2) is 22.7 Å². The van der Waals surface area contributed by atoms with Gasteiger partial charge in [0, 0.05) is 0 Å². The number of hydrogen-bond donors (Lipinski definition) is 1. The van der Waals surface area contributed by atoms with Crippen LogP contribution in [0.3, 0.4) is 0 Å². The van der Waals surface area contributed by atoms with Crippen molar-refractivity contribution < 1.29 is 22.7 Å². The standard InChI is InChI=1S/C11H11BrF3NO2.ClH/c1-2-18-10(17)11(14,15)9(16)6-3-4-8(13)7(12)5-6;/h3-5,9H,2,16H2,1H3;1H/t9-;/m0./s1. The molecule has 3 nitrogen and oxygen atoms in total. The second-order valence-electron chi connectivity index (χ2n) is 3.49. The van der Waals surface area contributed by atoms with Crippen molar-refractivity contribution in [3.05, 3.63) is 34.1 Å². The van der Waals surface area contributed by atoms with Gasteiger partial charge < -0.3 is 10.5 Å². The summed E-state index contributed by atoms with van der Waals surface area (Å²) in [6.07, 6.45) is 0. The van der Waals surface area contributed by atoms with Gasteiger partial charge in [-0.2, -0.15) is 8.78 Å². The topological polar surface area (TPSA) is 52.3 Å². The van der Waals surface area contributed by atoms with E-state index in [0.29, 0.717) is 0 Å². The van der Waals surface area contributed by atoms with Gasteiger partial charge >= 0.3 is 11.9 Å². The van der Waals surface area contributed by atoms with Crippen molar-refractivity contribution in [1.29, 1.82) is 0 Å². The summed E-state index contributed by atoms with van der Waals surface area (Å²) >= 11 is 2.86. The fraction of sp³-hybridized carbons (Fsp3) is 0.364. The number of carbonyl (C=O) groups is 1. The summed E-state index contributed by atoms with van der Waals surface area (Å²) in [6.45, 7) is 1.24. The number of carbonyl (C=O) groups excluding carboxylic acids is 1. The average molecular weight is 363 g/mol. The average Bonchev–Trinajstić information content (AvgIpc) is 2.32. The number of rotatable bonds is 4. The number of hydrogen-bond acceptors (Lipinski definition) is 3. The summed E-state index contributed by atoms with van der Waals surface area (Å²) in [5.74, 6) is -6.17. The van der Waals surface area contributed by atoms with Crippen LogP contribution in [0.1, 0.15) is 18.5 Å². The van der Waals surface area contributed by atoms with Gasteiger partial charge in [-0.05, 0) is 40.5 Å². The van der Waals surface area contributed by atoms with E-state index >= 15 is 0 Å². The van der Waals surface area contributed by atoms with Crippen LogP contribution >= 0.6 is 28.3 Å². The minimum atomic E-state index is -3.87. The molecular formula is C11H12BrClF3NO2. The number of esters is 1. The van der Waals surface area contributed by atoms with E-state index in [-0.39, 0.29) is 29.1 Å². The van der Waals surface area contributed by atoms with Crippen LogP contribution in [0.5, 0.6) is 0 Å². The molecule has 1 rings (SSSR count). The molecule has 1 aromatic rings. The highest BCUT2D eigenvalue weighted by atomic mass is 79.9. The van der Waals surface area contributed by atoms with Crippen molar-refractivity contribution >= 4 is 34.3 Å². The molecule has 0 bridgehead atoms. The molecule has 0 radical (unpaired) electrons. The molecule has 1 atom stereocenters. The van der Waals surface area contributed by atoms with E-state index < -0.39 is 23.8 Å². The Kier molecular flexibility index (Phi) is 6.82. The minimum absolute atomic E-state index is 0. The van der Waals surface area contributed by atoms with E-state index in [1.807, 2.05) is 0 Å². The predicted octanol–water partition coefficient (Wildman–Crippen LogP) is 3.21. The Hall–Kier alpha value is -0.790. The first-order valence-electron chi connectivity index (χ1n) is 5.06. The monoisotopic (exact) mass is 361 g/mol. The number of nitrogens with two attached hydrogens (primary N) is 1. The van der Waals surface area contributed by atoms with Gasteiger partial charge in [0.1, 0.15) is 11.9 Å². The van der Waals surface area contributed by atoms with Crippen molar-refractivity contribution in [3.63, 3.8) is 0 Å². The van der Waals surface area contributed by atoms with Crippen LogP contribution in [-0.4, -0.2) is 18.5 Å². The molecule has 1 aromatic carbocycles. The molecule has 8 heteroatoms. The Morgan fingerprint density at radius 2 is 2.11 bits per heavy atom. The predicted molar refractivity (Wildman–Crippen MR) is 69.9 cm³/mol. The number of halogens is 5. The van der Waals surface area contributed by atoms with Crippen LogP contribution in [0, 0.1) is 5.82 Å². The molecule has 0 amide bonds. The summed E-state index contributed by atoms with van der Waals surface area (Å²) in [4.78, 5) is 11.1. The largest absolute Gasteiger partial charge is 0.462 e. The van der Waals surface area contributed by atoms with Crippen LogP contribution in [0.2, 0.25) is 0 Å². The molecule has 0 saturated heterocycles. The van der Waals surface area contributed by atoms with Gasteiger partial charge in [-0.1, -0.05) is 6.07 Å². The first kappa shape index (κ1) is 18.2. The highest BCUT2D eigenvalue weighted by Gasteiger charge is 2.47. The molecule has 0 aromatic heterocycles. The summed E-state index contributed by atoms with van der Waals surface area (Å²) in [5.41, 5.74) is 5.26. The second kappa shape index (κ2) is 7.12. The van der Waals surface area contributed by atoms with Gasteiger partial charge in [0.05, 0.1) is 11.1 Å². The Morgan fingerprint density at radius 3 is 2.58 bits per heavy atom. The maximum Gasteiger partial charge on any atom is 0.379 e. The quantitative estimate of drug-likeness (QED) is 0.837. The van der Waals surface area contributed by atoms with Gasteiger partial charge in [-0.25, -0.2) is 9.18 Å². The van der Waals surface area contributed by atoms with Gasteiger partial charge in [-0.3, -0.25) is 0 Å². The van der Waals surface area contributed by atoms with Gasteiger partial charge in [-0.15, -0.1) is 12.4 Å². The highest BCUT2D eigenvalue weighted by molar-refractivity contribution is 9.10. The Labute approximate surface area is 122 Å². The fourth-order valence-electron chi connectivity index (χ4n) is 1.27. The third-order valence-corrected chi connectivity index (χ3v) is 2.85. The van der Waals surface area contributed by atoms with Crippen LogP contribution in [-0.2, 0) is 9.53 Å². The lowest BCUT2D eigenvalue weighted by Crippen LogP contribution is -2.41. The molecule has 0 aliphatic rings. The molecule has 0 spiro atoms. The number of benzene rings is 1. The first-order chi connectivity index (χ1) is 8.30. The molecule has 2 N–H and O–H groups in total. The lowest BCUT2D eigenvalue weighted by atomic mass is 10.0. The van der Waals surface area contributed by atoms with Crippen molar-refractivity contribution in [3.8, 4) is 0 Å². The van der Waals surface area contributed by atoms with E-state index in [1.54, 1.807) is 0 Å². The molecule has 108 valence electrons. The molecule has 0 aliphatic heterocycles. The SMILES string of the molecule is CCOC(=O)C(F)(F)[C@@H](N)c1ccc(F)c(Br)c1.Cl. The molecule has 19 heavy (non-hydrogen) atoms. The molecule has 0 aliphatic carbocycles. The number of alkyl halides is 2. The third kappa shape index (κ3) is 4.09. The Morgan fingerprint density at radius 1 is 1.53 bits per heavy atom. The van der Waals surface area contributed by atoms with Crippen molar-refractivity contribution in [2.24, 2.45) is 5.73 Å². The van der Waals surface area contributed by atoms with E-state index in [9.17, 15) is 18.0 Å². The zero-order valence-corrected chi connectivity index (χ0v) is 12.2. The van der Waals surface area contributed by atoms with E-state index in [1.165, 1.54) is 6.92 Å². The van der Waals surface area contributed by atoms with Crippen molar-refractivity contribution in [2.45, 2.75) is 18.9 Å². The normalized spacial score (nSPS) is 12.5. The Bertz CT molecular complexity index is 460. The molecule has 0 saturated carbocycles. The molecule has 0 unspecified atom stereocenters. The van der Waals surface area contributed by atoms with Crippen LogP contribution in [0.25, 0.3) is 0 Å². The van der Waals surface area contributed by atoms with Crippen molar-refractivity contribution in [1.82, 2.24) is 0 Å². The zero-order chi connectivity index (χ0) is 13.9. The van der Waals surface area contributed by atoms with E-state index in [0.717, 1.165) is 18.2 Å². The van der Waals surface area contributed by atoms with Crippen LogP contribution in [0.4, 0.5) is 13.2 Å². The van der Waals surface area contributed by atoms with Gasteiger partial charge in [0.2, 0.25) is 0 Å². The Balaban J connectivity index is 0.00000324. The second-order valence-corrected chi connectivity index (χ2v) is 4.35. The lowest BCUT2D eigenvalue weighted by Gasteiger charge is -2.22. The lowest BCUT2D eigenvalue weighted by molar-refractivity contribution is -0.174. The molecule has 0 heterocycles. The van der Waals surface area contributed by atoms with Gasteiger partial charge in [0.25, 0.3) is 0 Å². The minimum Gasteiger partial charge on any atom is -0.462 e. The third-order valence-electron chi connectivity index (χ3n) is 2.24. The van der Waals surface area contributed by atoms with Crippen LogP contribution < -0.4 is 5.73 Å². The maximum absolute atomic E-state index is 13.6. The van der Waals surface area contributed by atoms with E-state index in [4.69, 9.17) is 5.73 Å².